The molecule has 2 unspecified atom stereocenters. The first-order chi connectivity index (χ1) is 15.8. The van der Waals surface area contributed by atoms with Gasteiger partial charge in [-0.3, -0.25) is 14.6 Å². The number of amides is 3. The van der Waals surface area contributed by atoms with Crippen LogP contribution in [-0.4, -0.2) is 95.8 Å². The molecule has 0 aliphatic carbocycles. The second kappa shape index (κ2) is 8.93. The van der Waals surface area contributed by atoms with Crippen LogP contribution in [0.4, 0.5) is 4.79 Å². The van der Waals surface area contributed by atoms with Crippen LogP contribution in [0.5, 0.6) is 11.5 Å². The molecule has 2 atom stereocenters. The number of benzene rings is 1. The number of fused-ring (bicyclic) bond motifs is 3. The number of ether oxygens (including phenoxy) is 2. The fraction of sp³-hybridized carbons (Fsp3) is 0.522. The van der Waals surface area contributed by atoms with E-state index in [0.717, 1.165) is 23.4 Å². The SMILES string of the molecule is COc1ccc(CCN2C3=NC4C(C(=O)N(CCCO)C(=O)N4C)N3C(C)=C2C)cc1OC. The van der Waals surface area contributed by atoms with E-state index in [0.29, 0.717) is 30.4 Å². The van der Waals surface area contributed by atoms with E-state index >= 15 is 0 Å². The molecule has 33 heavy (non-hydrogen) atoms. The molecule has 1 aromatic rings. The number of hydrogen-bond donors (Lipinski definition) is 1. The van der Waals surface area contributed by atoms with Crippen molar-refractivity contribution in [2.45, 2.75) is 38.9 Å². The van der Waals surface area contributed by atoms with Gasteiger partial charge in [0, 0.05) is 38.1 Å². The van der Waals surface area contributed by atoms with Crippen LogP contribution in [0, 0.1) is 0 Å². The third kappa shape index (κ3) is 3.68. The van der Waals surface area contributed by atoms with Crippen molar-refractivity contribution in [3.63, 3.8) is 0 Å². The number of rotatable bonds is 8. The lowest BCUT2D eigenvalue weighted by molar-refractivity contribution is -0.137. The first kappa shape index (κ1) is 22.9. The van der Waals surface area contributed by atoms with E-state index in [1.54, 1.807) is 21.3 Å². The Labute approximate surface area is 193 Å². The zero-order chi connectivity index (χ0) is 23.9. The van der Waals surface area contributed by atoms with Crippen LogP contribution in [0.1, 0.15) is 25.8 Å². The van der Waals surface area contributed by atoms with Gasteiger partial charge in [0.05, 0.1) is 14.2 Å². The van der Waals surface area contributed by atoms with Crippen molar-refractivity contribution in [2.75, 3.05) is 41.0 Å². The number of aliphatic hydroxyl groups is 1. The maximum Gasteiger partial charge on any atom is 0.328 e. The summed E-state index contributed by atoms with van der Waals surface area (Å²) in [6, 6.07) is 4.88. The molecule has 0 radical (unpaired) electrons. The summed E-state index contributed by atoms with van der Waals surface area (Å²) in [5.41, 5.74) is 3.07. The van der Waals surface area contributed by atoms with Gasteiger partial charge >= 0.3 is 6.03 Å². The average molecular weight is 458 g/mol. The summed E-state index contributed by atoms with van der Waals surface area (Å²) < 4.78 is 10.7. The number of carbonyl (C=O) groups is 2. The van der Waals surface area contributed by atoms with E-state index in [1.807, 2.05) is 36.9 Å². The first-order valence-electron chi connectivity index (χ1n) is 11.1. The molecule has 10 heteroatoms. The first-order valence-corrected chi connectivity index (χ1v) is 11.1. The summed E-state index contributed by atoms with van der Waals surface area (Å²) in [4.78, 5) is 37.7. The van der Waals surface area contributed by atoms with Gasteiger partial charge in [-0.1, -0.05) is 6.07 Å². The van der Waals surface area contributed by atoms with Gasteiger partial charge in [-0.15, -0.1) is 0 Å². The number of guanidine groups is 1. The van der Waals surface area contributed by atoms with Crippen molar-refractivity contribution in [3.8, 4) is 11.5 Å². The molecule has 4 rings (SSSR count). The Morgan fingerprint density at radius 3 is 2.42 bits per heavy atom. The van der Waals surface area contributed by atoms with Crippen LogP contribution in [0.3, 0.4) is 0 Å². The highest BCUT2D eigenvalue weighted by atomic mass is 16.5. The fourth-order valence-electron chi connectivity index (χ4n) is 4.66. The third-order valence-corrected chi connectivity index (χ3v) is 6.62. The minimum atomic E-state index is -0.595. The Morgan fingerprint density at radius 2 is 1.76 bits per heavy atom. The molecule has 1 aromatic carbocycles. The Hall–Kier alpha value is -3.27. The highest BCUT2D eigenvalue weighted by Crippen LogP contribution is 2.38. The highest BCUT2D eigenvalue weighted by molar-refractivity contribution is 6.05. The van der Waals surface area contributed by atoms with Gasteiger partial charge in [-0.25, -0.2) is 9.79 Å². The molecule has 1 fully saturated rings. The highest BCUT2D eigenvalue weighted by Gasteiger charge is 2.55. The van der Waals surface area contributed by atoms with E-state index in [-0.39, 0.29) is 25.1 Å². The maximum atomic E-state index is 13.3. The number of carbonyl (C=O) groups excluding carboxylic acids is 2. The summed E-state index contributed by atoms with van der Waals surface area (Å²) in [5, 5.41) is 9.17. The van der Waals surface area contributed by atoms with Crippen molar-refractivity contribution in [3.05, 3.63) is 35.2 Å². The van der Waals surface area contributed by atoms with E-state index in [4.69, 9.17) is 14.5 Å². The van der Waals surface area contributed by atoms with Crippen LogP contribution in [0.25, 0.3) is 0 Å². The summed E-state index contributed by atoms with van der Waals surface area (Å²) in [6.45, 7) is 4.77. The smallest absolute Gasteiger partial charge is 0.328 e. The minimum absolute atomic E-state index is 0.0811. The summed E-state index contributed by atoms with van der Waals surface area (Å²) in [5.74, 6) is 1.78. The van der Waals surface area contributed by atoms with Gasteiger partial charge in [0.2, 0.25) is 5.96 Å². The molecule has 0 saturated carbocycles. The van der Waals surface area contributed by atoms with Crippen molar-refractivity contribution >= 4 is 17.9 Å². The normalized spacial score (nSPS) is 22.2. The predicted octanol–water partition coefficient (Wildman–Crippen LogP) is 1.46. The van der Waals surface area contributed by atoms with Gasteiger partial charge in [0.15, 0.2) is 23.7 Å². The molecule has 3 aliphatic rings. The molecular weight excluding hydrogens is 426 g/mol. The lowest BCUT2D eigenvalue weighted by Gasteiger charge is -2.40. The number of imide groups is 1. The number of aliphatic imine (C=N–C) groups is 1. The quantitative estimate of drug-likeness (QED) is 0.631. The van der Waals surface area contributed by atoms with Gasteiger partial charge in [-0.2, -0.15) is 0 Å². The van der Waals surface area contributed by atoms with E-state index in [9.17, 15) is 14.7 Å². The summed E-state index contributed by atoms with van der Waals surface area (Å²) in [7, 11) is 4.90. The van der Waals surface area contributed by atoms with Crippen LogP contribution < -0.4 is 9.47 Å². The minimum Gasteiger partial charge on any atom is -0.493 e. The van der Waals surface area contributed by atoms with Crippen LogP contribution >= 0.6 is 0 Å². The zero-order valence-electron chi connectivity index (χ0n) is 19.7. The van der Waals surface area contributed by atoms with Crippen LogP contribution in [-0.2, 0) is 11.2 Å². The topological polar surface area (TPSA) is 98.1 Å². The Morgan fingerprint density at radius 1 is 1.03 bits per heavy atom. The van der Waals surface area contributed by atoms with Crippen molar-refractivity contribution < 1.29 is 24.2 Å². The van der Waals surface area contributed by atoms with Crippen molar-refractivity contribution in [1.82, 2.24) is 19.6 Å². The number of nitrogens with zero attached hydrogens (tertiary/aromatic N) is 5. The molecule has 178 valence electrons. The average Bonchev–Trinajstić information content (AvgIpc) is 3.32. The lowest BCUT2D eigenvalue weighted by Crippen LogP contribution is -2.64. The molecular formula is C23H31N5O5. The molecule has 0 spiro atoms. The fourth-order valence-corrected chi connectivity index (χ4v) is 4.66. The number of aliphatic hydroxyl groups excluding tert-OH is 1. The third-order valence-electron chi connectivity index (χ3n) is 6.62. The molecule has 3 heterocycles. The Balaban J connectivity index is 1.57. The van der Waals surface area contributed by atoms with Gasteiger partial charge in [-0.05, 0) is 44.4 Å². The molecule has 1 saturated heterocycles. The second-order valence-electron chi connectivity index (χ2n) is 8.38. The Kier molecular flexibility index (Phi) is 6.20. The van der Waals surface area contributed by atoms with Gasteiger partial charge in [0.1, 0.15) is 0 Å². The number of allylic oxidation sites excluding steroid dienone is 2. The van der Waals surface area contributed by atoms with Gasteiger partial charge < -0.3 is 24.4 Å². The van der Waals surface area contributed by atoms with E-state index in [2.05, 4.69) is 4.90 Å². The summed E-state index contributed by atoms with van der Waals surface area (Å²) in [6.07, 6.45) is 0.511. The van der Waals surface area contributed by atoms with E-state index in [1.165, 1.54) is 9.80 Å². The second-order valence-corrected chi connectivity index (χ2v) is 8.38. The number of methoxy groups -OCH3 is 2. The van der Waals surface area contributed by atoms with Crippen molar-refractivity contribution in [1.29, 1.82) is 0 Å². The zero-order valence-corrected chi connectivity index (χ0v) is 19.7. The number of hydrogen-bond acceptors (Lipinski definition) is 8. The number of likely N-dealkylation sites (N-methyl/N-ethyl adjacent to an activating group) is 1. The molecule has 10 nitrogen and oxygen atoms in total. The van der Waals surface area contributed by atoms with Gasteiger partial charge in [0.25, 0.3) is 5.91 Å². The monoisotopic (exact) mass is 457 g/mol. The Bertz CT molecular complexity index is 1020. The molecule has 0 bridgehead atoms. The predicted molar refractivity (Wildman–Crippen MR) is 122 cm³/mol. The molecule has 3 aliphatic heterocycles. The van der Waals surface area contributed by atoms with Crippen molar-refractivity contribution in [2.24, 2.45) is 4.99 Å². The lowest BCUT2D eigenvalue weighted by atomic mass is 10.1. The summed E-state index contributed by atoms with van der Waals surface area (Å²) >= 11 is 0. The molecule has 0 aromatic heterocycles. The maximum absolute atomic E-state index is 13.3. The molecule has 1 N–H and O–H groups in total. The van der Waals surface area contributed by atoms with Crippen LogP contribution in [0.15, 0.2) is 34.6 Å². The number of urea groups is 1. The van der Waals surface area contributed by atoms with Crippen LogP contribution in [0.2, 0.25) is 0 Å². The van der Waals surface area contributed by atoms with E-state index < -0.39 is 12.2 Å². The molecule has 3 amide bonds. The standard InChI is InChI=1S/C23H31N5O5/c1-14-15(2)28-19-20(25(3)23(31)27(21(19)30)10-6-12-29)24-22(28)26(14)11-9-16-7-8-17(32-4)18(13-16)33-5/h7-8,13,19-20,29H,6,9-12H2,1-5H3. The largest absolute Gasteiger partial charge is 0.493 e.